The molecule has 0 fully saturated rings. The molecule has 0 atom stereocenters. The van der Waals surface area contributed by atoms with Crippen LogP contribution < -0.4 is 0 Å². The third-order valence-corrected chi connectivity index (χ3v) is 2.32. The van der Waals surface area contributed by atoms with Crippen LogP contribution in [0.1, 0.15) is 0 Å². The monoisotopic (exact) mass is 192 g/mol. The molecule has 2 rings (SSSR count). The van der Waals surface area contributed by atoms with Gasteiger partial charge in [-0.15, -0.1) is 6.58 Å². The molecular formula is C9H8N2OS. The van der Waals surface area contributed by atoms with Gasteiger partial charge in [0.15, 0.2) is 5.58 Å². The van der Waals surface area contributed by atoms with E-state index in [0.29, 0.717) is 5.22 Å². The molecule has 4 heteroatoms. The second-order valence-corrected chi connectivity index (χ2v) is 3.39. The maximum atomic E-state index is 5.43. The zero-order valence-electron chi connectivity index (χ0n) is 6.93. The topological polar surface area (TPSA) is 38.9 Å². The lowest BCUT2D eigenvalue weighted by Crippen LogP contribution is -1.72. The predicted molar refractivity (Wildman–Crippen MR) is 52.7 cm³/mol. The molecule has 66 valence electrons. The molecule has 0 aliphatic heterocycles. The van der Waals surface area contributed by atoms with E-state index >= 15 is 0 Å². The lowest BCUT2D eigenvalue weighted by atomic mass is 10.4. The number of aromatic nitrogens is 2. The average Bonchev–Trinajstić information content (AvgIpc) is 2.57. The molecule has 2 aromatic heterocycles. The number of oxazole rings is 1. The van der Waals surface area contributed by atoms with Crippen molar-refractivity contribution in [1.82, 2.24) is 9.97 Å². The fourth-order valence-electron chi connectivity index (χ4n) is 0.951. The van der Waals surface area contributed by atoms with Crippen molar-refractivity contribution in [3.63, 3.8) is 0 Å². The highest BCUT2D eigenvalue weighted by Gasteiger charge is 2.03. The van der Waals surface area contributed by atoms with Crippen molar-refractivity contribution in [1.29, 1.82) is 0 Å². The van der Waals surface area contributed by atoms with Crippen LogP contribution in [0.15, 0.2) is 40.8 Å². The van der Waals surface area contributed by atoms with Gasteiger partial charge in [-0.1, -0.05) is 17.8 Å². The Kier molecular flexibility index (Phi) is 2.31. The van der Waals surface area contributed by atoms with Crippen LogP contribution in [0.25, 0.3) is 11.1 Å². The SMILES string of the molecule is C=CCSc1nc2cnccc2o1. The van der Waals surface area contributed by atoms with Crippen LogP contribution in [-0.2, 0) is 0 Å². The molecular weight excluding hydrogens is 184 g/mol. The molecule has 0 aromatic carbocycles. The van der Waals surface area contributed by atoms with Crippen LogP contribution in [0.3, 0.4) is 0 Å². The van der Waals surface area contributed by atoms with Crippen molar-refractivity contribution in [2.75, 3.05) is 5.75 Å². The lowest BCUT2D eigenvalue weighted by molar-refractivity contribution is 0.490. The van der Waals surface area contributed by atoms with E-state index < -0.39 is 0 Å². The highest BCUT2D eigenvalue weighted by molar-refractivity contribution is 7.99. The number of pyridine rings is 1. The van der Waals surface area contributed by atoms with Gasteiger partial charge in [0.1, 0.15) is 5.52 Å². The van der Waals surface area contributed by atoms with E-state index in [9.17, 15) is 0 Å². The number of rotatable bonds is 3. The fraction of sp³-hybridized carbons (Fsp3) is 0.111. The van der Waals surface area contributed by atoms with E-state index in [1.807, 2.05) is 6.08 Å². The summed E-state index contributed by atoms with van der Waals surface area (Å²) in [7, 11) is 0. The molecule has 2 aromatic rings. The summed E-state index contributed by atoms with van der Waals surface area (Å²) >= 11 is 1.52. The highest BCUT2D eigenvalue weighted by Crippen LogP contribution is 2.22. The first-order chi connectivity index (χ1) is 6.40. The van der Waals surface area contributed by atoms with Crippen LogP contribution in [-0.4, -0.2) is 15.7 Å². The quantitative estimate of drug-likeness (QED) is 0.553. The molecule has 0 aliphatic rings. The summed E-state index contributed by atoms with van der Waals surface area (Å²) in [4.78, 5) is 8.19. The first-order valence-corrected chi connectivity index (χ1v) is 4.83. The summed E-state index contributed by atoms with van der Waals surface area (Å²) in [5.41, 5.74) is 1.58. The smallest absolute Gasteiger partial charge is 0.257 e. The molecule has 0 spiro atoms. The van der Waals surface area contributed by atoms with Gasteiger partial charge in [0.2, 0.25) is 0 Å². The Labute approximate surface area is 79.9 Å². The van der Waals surface area contributed by atoms with Crippen molar-refractivity contribution in [3.8, 4) is 0 Å². The molecule has 0 saturated carbocycles. The number of hydrogen-bond acceptors (Lipinski definition) is 4. The Hall–Kier alpha value is -1.29. The Morgan fingerprint density at radius 3 is 3.31 bits per heavy atom. The van der Waals surface area contributed by atoms with E-state index in [1.54, 1.807) is 18.5 Å². The number of fused-ring (bicyclic) bond motifs is 1. The molecule has 0 aliphatic carbocycles. The molecule has 0 amide bonds. The van der Waals surface area contributed by atoms with E-state index in [4.69, 9.17) is 4.42 Å². The summed E-state index contributed by atoms with van der Waals surface area (Å²) < 4.78 is 5.43. The summed E-state index contributed by atoms with van der Waals surface area (Å²) in [6, 6.07) is 1.81. The van der Waals surface area contributed by atoms with Gasteiger partial charge < -0.3 is 4.42 Å². The normalized spacial score (nSPS) is 10.5. The molecule has 0 bridgehead atoms. The van der Waals surface area contributed by atoms with Crippen molar-refractivity contribution in [3.05, 3.63) is 31.1 Å². The minimum Gasteiger partial charge on any atom is -0.431 e. The van der Waals surface area contributed by atoms with Gasteiger partial charge in [-0.25, -0.2) is 4.98 Å². The second kappa shape index (κ2) is 3.62. The Morgan fingerprint density at radius 1 is 1.62 bits per heavy atom. The minimum absolute atomic E-state index is 0.669. The van der Waals surface area contributed by atoms with Crippen LogP contribution in [0.5, 0.6) is 0 Å². The van der Waals surface area contributed by atoms with Crippen LogP contribution in [0, 0.1) is 0 Å². The lowest BCUT2D eigenvalue weighted by Gasteiger charge is -1.86. The number of hydrogen-bond donors (Lipinski definition) is 0. The summed E-state index contributed by atoms with van der Waals surface area (Å²) in [5, 5.41) is 0.669. The summed E-state index contributed by atoms with van der Waals surface area (Å²) in [5.74, 6) is 0.806. The summed E-state index contributed by atoms with van der Waals surface area (Å²) in [6.07, 6.45) is 5.20. The van der Waals surface area contributed by atoms with Gasteiger partial charge in [0, 0.05) is 18.0 Å². The molecule has 2 heterocycles. The molecule has 0 unspecified atom stereocenters. The molecule has 13 heavy (non-hydrogen) atoms. The van der Waals surface area contributed by atoms with Gasteiger partial charge in [-0.05, 0) is 0 Å². The maximum Gasteiger partial charge on any atom is 0.257 e. The van der Waals surface area contributed by atoms with Crippen LogP contribution >= 0.6 is 11.8 Å². The number of nitrogens with zero attached hydrogens (tertiary/aromatic N) is 2. The maximum absolute atomic E-state index is 5.43. The second-order valence-electron chi connectivity index (χ2n) is 2.42. The first kappa shape index (κ1) is 8.31. The third-order valence-electron chi connectivity index (χ3n) is 1.49. The molecule has 0 saturated heterocycles. The van der Waals surface area contributed by atoms with Crippen molar-refractivity contribution >= 4 is 22.9 Å². The minimum atomic E-state index is 0.669. The zero-order chi connectivity index (χ0) is 9.10. The first-order valence-electron chi connectivity index (χ1n) is 3.84. The number of thioether (sulfide) groups is 1. The Bertz CT molecular complexity index is 391. The average molecular weight is 192 g/mol. The predicted octanol–water partition coefficient (Wildman–Crippen LogP) is 2.50. The van der Waals surface area contributed by atoms with Gasteiger partial charge in [0.05, 0.1) is 6.20 Å². The van der Waals surface area contributed by atoms with E-state index in [0.717, 1.165) is 16.9 Å². The summed E-state index contributed by atoms with van der Waals surface area (Å²) in [6.45, 7) is 3.63. The van der Waals surface area contributed by atoms with Crippen LogP contribution in [0.2, 0.25) is 0 Å². The fourth-order valence-corrected chi connectivity index (χ4v) is 1.52. The van der Waals surface area contributed by atoms with E-state index in [1.165, 1.54) is 11.8 Å². The molecule has 0 N–H and O–H groups in total. The van der Waals surface area contributed by atoms with Crippen molar-refractivity contribution in [2.24, 2.45) is 0 Å². The van der Waals surface area contributed by atoms with Gasteiger partial charge in [0.25, 0.3) is 5.22 Å². The van der Waals surface area contributed by atoms with E-state index in [2.05, 4.69) is 16.5 Å². The highest BCUT2D eigenvalue weighted by atomic mass is 32.2. The third kappa shape index (κ3) is 1.72. The van der Waals surface area contributed by atoms with Crippen molar-refractivity contribution < 1.29 is 4.42 Å². The van der Waals surface area contributed by atoms with Gasteiger partial charge in [-0.3, -0.25) is 4.98 Å². The molecule has 0 radical (unpaired) electrons. The van der Waals surface area contributed by atoms with Crippen LogP contribution in [0.4, 0.5) is 0 Å². The van der Waals surface area contributed by atoms with Crippen molar-refractivity contribution in [2.45, 2.75) is 5.22 Å². The van der Waals surface area contributed by atoms with E-state index in [-0.39, 0.29) is 0 Å². The molecule has 3 nitrogen and oxygen atoms in total. The zero-order valence-corrected chi connectivity index (χ0v) is 7.75. The largest absolute Gasteiger partial charge is 0.431 e. The van der Waals surface area contributed by atoms with Gasteiger partial charge in [-0.2, -0.15) is 0 Å². The van der Waals surface area contributed by atoms with Gasteiger partial charge >= 0.3 is 0 Å². The standard InChI is InChI=1S/C9H8N2OS/c1-2-5-13-9-11-7-6-10-4-3-8(7)12-9/h2-4,6H,1,5H2. The Morgan fingerprint density at radius 2 is 2.54 bits per heavy atom. The Balaban J connectivity index is 2.32.